The lowest BCUT2D eigenvalue weighted by molar-refractivity contribution is -0.140. The van der Waals surface area contributed by atoms with Crippen LogP contribution in [0.2, 0.25) is 0 Å². The molecule has 0 spiro atoms. The highest BCUT2D eigenvalue weighted by Gasteiger charge is 2.33. The first-order valence-electron chi connectivity index (χ1n) is 14.6. The van der Waals surface area contributed by atoms with E-state index in [4.69, 9.17) is 4.74 Å². The monoisotopic (exact) mass is 691 g/mol. The van der Waals surface area contributed by atoms with Crippen LogP contribution in [-0.2, 0) is 39.2 Å². The van der Waals surface area contributed by atoms with Crippen molar-refractivity contribution < 1.29 is 22.7 Å². The number of nitrogens with zero attached hydrogens (tertiary/aromatic N) is 2. The Morgan fingerprint density at radius 2 is 1.38 bits per heavy atom. The number of sulfonamides is 1. The SMILES string of the molecule is CC(C)NC(=O)C(Cc1ccccc1)N(Cc1ccc(Br)cc1)C(=O)CN(c1ccc(OCc2ccccc2)cc1)S(C)(=O)=O. The van der Waals surface area contributed by atoms with Crippen molar-refractivity contribution in [2.24, 2.45) is 0 Å². The van der Waals surface area contributed by atoms with Gasteiger partial charge in [-0.3, -0.25) is 13.9 Å². The minimum Gasteiger partial charge on any atom is -0.489 e. The largest absolute Gasteiger partial charge is 0.489 e. The molecule has 4 aromatic carbocycles. The van der Waals surface area contributed by atoms with Gasteiger partial charge in [0.1, 0.15) is 24.9 Å². The van der Waals surface area contributed by atoms with Crippen LogP contribution in [0.25, 0.3) is 0 Å². The second-order valence-corrected chi connectivity index (χ2v) is 13.9. The van der Waals surface area contributed by atoms with E-state index in [0.29, 0.717) is 18.0 Å². The molecule has 0 aromatic heterocycles. The van der Waals surface area contributed by atoms with E-state index in [1.54, 1.807) is 24.3 Å². The maximum absolute atomic E-state index is 14.2. The van der Waals surface area contributed by atoms with Crippen LogP contribution in [0, 0.1) is 0 Å². The average Bonchev–Trinajstić information content (AvgIpc) is 3.02. The number of ether oxygens (including phenoxy) is 1. The van der Waals surface area contributed by atoms with E-state index in [0.717, 1.165) is 31.7 Å². The van der Waals surface area contributed by atoms with Gasteiger partial charge in [-0.1, -0.05) is 88.7 Å². The van der Waals surface area contributed by atoms with Crippen LogP contribution in [0.1, 0.15) is 30.5 Å². The Hall–Kier alpha value is -4.15. The number of hydrogen-bond acceptors (Lipinski definition) is 5. The molecule has 0 bridgehead atoms. The zero-order valence-electron chi connectivity index (χ0n) is 25.6. The second kappa shape index (κ2) is 15.7. The molecule has 1 atom stereocenters. The lowest BCUT2D eigenvalue weighted by Gasteiger charge is -2.34. The van der Waals surface area contributed by atoms with E-state index in [1.807, 2.05) is 98.8 Å². The van der Waals surface area contributed by atoms with Gasteiger partial charge in [-0.15, -0.1) is 0 Å². The maximum atomic E-state index is 14.2. The van der Waals surface area contributed by atoms with Crippen molar-refractivity contribution in [2.45, 2.75) is 45.5 Å². The highest BCUT2D eigenvalue weighted by Crippen LogP contribution is 2.24. The smallest absolute Gasteiger partial charge is 0.244 e. The summed E-state index contributed by atoms with van der Waals surface area (Å²) in [6.07, 6.45) is 1.32. The Kier molecular flexibility index (Phi) is 11.8. The molecule has 4 rings (SSSR count). The van der Waals surface area contributed by atoms with E-state index < -0.39 is 28.5 Å². The quantitative estimate of drug-likeness (QED) is 0.176. The van der Waals surface area contributed by atoms with Crippen LogP contribution < -0.4 is 14.4 Å². The van der Waals surface area contributed by atoms with Gasteiger partial charge in [-0.2, -0.15) is 0 Å². The molecule has 0 heterocycles. The van der Waals surface area contributed by atoms with E-state index in [9.17, 15) is 18.0 Å². The van der Waals surface area contributed by atoms with Gasteiger partial charge < -0.3 is 15.0 Å². The van der Waals surface area contributed by atoms with Crippen LogP contribution >= 0.6 is 15.9 Å². The van der Waals surface area contributed by atoms with Gasteiger partial charge in [-0.05, 0) is 66.9 Å². The van der Waals surface area contributed by atoms with Crippen molar-refractivity contribution in [3.8, 4) is 5.75 Å². The number of halogens is 1. The average molecular weight is 693 g/mol. The van der Waals surface area contributed by atoms with Gasteiger partial charge in [0.05, 0.1) is 11.9 Å². The van der Waals surface area contributed by atoms with Crippen LogP contribution in [0.5, 0.6) is 5.75 Å². The first-order valence-corrected chi connectivity index (χ1v) is 17.3. The molecular weight excluding hydrogens is 654 g/mol. The van der Waals surface area contributed by atoms with Crippen molar-refractivity contribution in [1.82, 2.24) is 10.2 Å². The number of anilines is 1. The molecule has 0 aliphatic rings. The Labute approximate surface area is 274 Å². The van der Waals surface area contributed by atoms with Gasteiger partial charge in [0.15, 0.2) is 0 Å². The normalized spacial score (nSPS) is 11.9. The molecule has 2 amide bonds. The van der Waals surface area contributed by atoms with Crippen LogP contribution in [0.3, 0.4) is 0 Å². The zero-order chi connectivity index (χ0) is 32.4. The third-order valence-electron chi connectivity index (χ3n) is 7.02. The third-order valence-corrected chi connectivity index (χ3v) is 8.69. The molecule has 0 saturated carbocycles. The van der Waals surface area contributed by atoms with Crippen molar-refractivity contribution in [3.05, 3.63) is 130 Å². The summed E-state index contributed by atoms with van der Waals surface area (Å²) in [5, 5.41) is 2.95. The predicted molar refractivity (Wildman–Crippen MR) is 181 cm³/mol. The van der Waals surface area contributed by atoms with Gasteiger partial charge in [-0.25, -0.2) is 8.42 Å². The topological polar surface area (TPSA) is 96.0 Å². The molecule has 0 saturated heterocycles. The summed E-state index contributed by atoms with van der Waals surface area (Å²) < 4.78 is 33.9. The number of carbonyl (C=O) groups excluding carboxylic acids is 2. The first kappa shape index (κ1) is 33.7. The second-order valence-electron chi connectivity index (χ2n) is 11.1. The van der Waals surface area contributed by atoms with Crippen LogP contribution in [0.4, 0.5) is 5.69 Å². The molecule has 45 heavy (non-hydrogen) atoms. The summed E-state index contributed by atoms with van der Waals surface area (Å²) >= 11 is 3.44. The van der Waals surface area contributed by atoms with Gasteiger partial charge >= 0.3 is 0 Å². The minimum atomic E-state index is -3.88. The number of nitrogens with one attached hydrogen (secondary N) is 1. The lowest BCUT2D eigenvalue weighted by Crippen LogP contribution is -2.54. The van der Waals surface area contributed by atoms with Crippen LogP contribution in [0.15, 0.2) is 114 Å². The standard InChI is InChI=1S/C35H38BrN3O5S/c1-26(2)37-35(41)33(22-27-10-6-4-7-11-27)38(23-28-14-16-30(36)17-15-28)34(40)24-39(45(3,42)43)31-18-20-32(21-19-31)44-25-29-12-8-5-9-13-29/h4-21,26,33H,22-25H2,1-3H3,(H,37,41). The minimum absolute atomic E-state index is 0.110. The molecule has 4 aromatic rings. The number of amides is 2. The number of benzene rings is 4. The molecule has 0 aliphatic heterocycles. The molecule has 236 valence electrons. The molecule has 0 radical (unpaired) electrons. The Balaban J connectivity index is 1.63. The van der Waals surface area contributed by atoms with E-state index in [1.165, 1.54) is 4.90 Å². The fourth-order valence-electron chi connectivity index (χ4n) is 4.78. The molecule has 0 fully saturated rings. The molecule has 0 aliphatic carbocycles. The van der Waals surface area contributed by atoms with E-state index in [2.05, 4.69) is 21.2 Å². The molecule has 1 N–H and O–H groups in total. The summed E-state index contributed by atoms with van der Waals surface area (Å²) in [5.41, 5.74) is 2.99. The summed E-state index contributed by atoms with van der Waals surface area (Å²) in [5.74, 6) is -0.259. The van der Waals surface area contributed by atoms with Gasteiger partial charge in [0.2, 0.25) is 21.8 Å². The third kappa shape index (κ3) is 10.2. The molecular formula is C35H38BrN3O5S. The molecule has 8 nitrogen and oxygen atoms in total. The Morgan fingerprint density at radius 1 is 0.800 bits per heavy atom. The number of carbonyl (C=O) groups is 2. The summed E-state index contributed by atoms with van der Waals surface area (Å²) in [4.78, 5) is 29.3. The highest BCUT2D eigenvalue weighted by atomic mass is 79.9. The van der Waals surface area contributed by atoms with Crippen molar-refractivity contribution in [3.63, 3.8) is 0 Å². The van der Waals surface area contributed by atoms with Crippen molar-refractivity contribution in [2.75, 3.05) is 17.1 Å². The van der Waals surface area contributed by atoms with Gasteiger partial charge in [0.25, 0.3) is 0 Å². The zero-order valence-corrected chi connectivity index (χ0v) is 28.0. The fraction of sp³-hybridized carbons (Fsp3) is 0.257. The highest BCUT2D eigenvalue weighted by molar-refractivity contribution is 9.10. The lowest BCUT2D eigenvalue weighted by atomic mass is 10.0. The summed E-state index contributed by atoms with van der Waals surface area (Å²) in [7, 11) is -3.88. The molecule has 10 heteroatoms. The summed E-state index contributed by atoms with van der Waals surface area (Å²) in [6, 6.07) is 32.2. The Morgan fingerprint density at radius 3 is 1.93 bits per heavy atom. The van der Waals surface area contributed by atoms with E-state index in [-0.39, 0.29) is 24.9 Å². The first-order chi connectivity index (χ1) is 21.5. The van der Waals surface area contributed by atoms with Crippen molar-refractivity contribution in [1.29, 1.82) is 0 Å². The Bertz CT molecular complexity index is 1650. The van der Waals surface area contributed by atoms with Gasteiger partial charge in [0, 0.05) is 23.5 Å². The number of rotatable bonds is 14. The van der Waals surface area contributed by atoms with Crippen molar-refractivity contribution >= 4 is 43.5 Å². The molecule has 1 unspecified atom stereocenters. The fourth-order valence-corrected chi connectivity index (χ4v) is 5.90. The van der Waals surface area contributed by atoms with E-state index >= 15 is 0 Å². The number of hydrogen-bond donors (Lipinski definition) is 1. The maximum Gasteiger partial charge on any atom is 0.244 e. The predicted octanol–water partition coefficient (Wildman–Crippen LogP) is 5.96. The summed E-state index contributed by atoms with van der Waals surface area (Å²) in [6.45, 7) is 3.70. The van der Waals surface area contributed by atoms with Crippen LogP contribution in [-0.4, -0.2) is 50.0 Å².